The SMILES string of the molecule is CC(C)(C)OC(=O)[C@H]1CCCN1C(=O)c1ncc(Br)cn1. The fourth-order valence-corrected chi connectivity index (χ4v) is 2.38. The van der Waals surface area contributed by atoms with Gasteiger partial charge in [0.15, 0.2) is 0 Å². The molecule has 1 aromatic rings. The van der Waals surface area contributed by atoms with Gasteiger partial charge in [0, 0.05) is 18.9 Å². The highest BCUT2D eigenvalue weighted by Crippen LogP contribution is 2.22. The lowest BCUT2D eigenvalue weighted by atomic mass is 10.1. The molecule has 2 heterocycles. The van der Waals surface area contributed by atoms with E-state index in [-0.39, 0.29) is 17.7 Å². The zero-order chi connectivity index (χ0) is 15.6. The van der Waals surface area contributed by atoms with Gasteiger partial charge in [-0.25, -0.2) is 14.8 Å². The molecule has 2 rings (SSSR count). The van der Waals surface area contributed by atoms with E-state index in [1.807, 2.05) is 20.8 Å². The normalized spacial score (nSPS) is 18.7. The van der Waals surface area contributed by atoms with E-state index in [0.29, 0.717) is 17.4 Å². The number of hydrogen-bond acceptors (Lipinski definition) is 5. The molecule has 1 fully saturated rings. The Morgan fingerprint density at radius 3 is 2.52 bits per heavy atom. The number of rotatable bonds is 2. The molecule has 1 aliphatic rings. The lowest BCUT2D eigenvalue weighted by Crippen LogP contribution is -2.44. The average molecular weight is 356 g/mol. The van der Waals surface area contributed by atoms with Gasteiger partial charge in [0.05, 0.1) is 4.47 Å². The average Bonchev–Trinajstić information content (AvgIpc) is 2.86. The molecule has 6 nitrogen and oxygen atoms in total. The van der Waals surface area contributed by atoms with Crippen LogP contribution in [0, 0.1) is 0 Å². The van der Waals surface area contributed by atoms with Gasteiger partial charge in [0.25, 0.3) is 5.91 Å². The van der Waals surface area contributed by atoms with E-state index < -0.39 is 11.6 Å². The molecule has 1 atom stereocenters. The molecule has 0 spiro atoms. The highest BCUT2D eigenvalue weighted by molar-refractivity contribution is 9.10. The Kier molecular flexibility index (Phi) is 4.61. The number of halogens is 1. The van der Waals surface area contributed by atoms with Crippen molar-refractivity contribution in [3.8, 4) is 0 Å². The van der Waals surface area contributed by atoms with Crippen molar-refractivity contribution in [2.24, 2.45) is 0 Å². The van der Waals surface area contributed by atoms with Crippen LogP contribution in [-0.4, -0.2) is 44.9 Å². The second kappa shape index (κ2) is 6.09. The number of ether oxygens (including phenoxy) is 1. The standard InChI is InChI=1S/C14H18BrN3O3/c1-14(2,3)21-13(20)10-5-4-6-18(10)12(19)11-16-7-9(15)8-17-11/h7-8,10H,4-6H2,1-3H3/t10-/m1/s1. The summed E-state index contributed by atoms with van der Waals surface area (Å²) in [7, 11) is 0. The molecular weight excluding hydrogens is 338 g/mol. The van der Waals surface area contributed by atoms with Gasteiger partial charge in [-0.15, -0.1) is 0 Å². The second-order valence-electron chi connectivity index (χ2n) is 5.91. The minimum absolute atomic E-state index is 0.0914. The molecule has 7 heteroatoms. The maximum atomic E-state index is 12.4. The summed E-state index contributed by atoms with van der Waals surface area (Å²) in [5.41, 5.74) is -0.567. The van der Waals surface area contributed by atoms with Crippen molar-refractivity contribution in [3.63, 3.8) is 0 Å². The first-order valence-electron chi connectivity index (χ1n) is 6.79. The summed E-state index contributed by atoms with van der Waals surface area (Å²) in [5.74, 6) is -0.616. The maximum absolute atomic E-state index is 12.4. The van der Waals surface area contributed by atoms with Crippen LogP contribution >= 0.6 is 15.9 Å². The Labute approximate surface area is 132 Å². The molecule has 0 N–H and O–H groups in total. The van der Waals surface area contributed by atoms with Gasteiger partial charge in [-0.05, 0) is 49.5 Å². The van der Waals surface area contributed by atoms with E-state index >= 15 is 0 Å². The van der Waals surface area contributed by atoms with Crippen LogP contribution in [0.3, 0.4) is 0 Å². The van der Waals surface area contributed by atoms with Crippen LogP contribution in [-0.2, 0) is 9.53 Å². The highest BCUT2D eigenvalue weighted by Gasteiger charge is 2.38. The molecule has 0 unspecified atom stereocenters. The zero-order valence-electron chi connectivity index (χ0n) is 12.3. The van der Waals surface area contributed by atoms with Crippen molar-refractivity contribution in [1.29, 1.82) is 0 Å². The maximum Gasteiger partial charge on any atom is 0.329 e. The number of nitrogens with zero attached hydrogens (tertiary/aromatic N) is 3. The van der Waals surface area contributed by atoms with Crippen LogP contribution < -0.4 is 0 Å². The van der Waals surface area contributed by atoms with E-state index in [2.05, 4.69) is 25.9 Å². The molecule has 0 saturated carbocycles. The summed E-state index contributed by atoms with van der Waals surface area (Å²) in [6, 6.07) is -0.552. The molecule has 1 amide bonds. The number of carbonyl (C=O) groups excluding carboxylic acids is 2. The van der Waals surface area contributed by atoms with Crippen molar-refractivity contribution in [3.05, 3.63) is 22.7 Å². The van der Waals surface area contributed by atoms with Gasteiger partial charge in [-0.3, -0.25) is 4.79 Å². The van der Waals surface area contributed by atoms with Crippen molar-refractivity contribution in [2.75, 3.05) is 6.54 Å². The largest absolute Gasteiger partial charge is 0.458 e. The molecule has 0 bridgehead atoms. The fraction of sp³-hybridized carbons (Fsp3) is 0.571. The van der Waals surface area contributed by atoms with Gasteiger partial charge in [-0.2, -0.15) is 0 Å². The second-order valence-corrected chi connectivity index (χ2v) is 6.83. The predicted molar refractivity (Wildman–Crippen MR) is 79.6 cm³/mol. The van der Waals surface area contributed by atoms with Gasteiger partial charge in [0.2, 0.25) is 5.82 Å². The Hall–Kier alpha value is -1.50. The number of amides is 1. The summed E-state index contributed by atoms with van der Waals surface area (Å²) in [4.78, 5) is 34.1. The topological polar surface area (TPSA) is 72.4 Å². The first kappa shape index (κ1) is 15.9. The Morgan fingerprint density at radius 1 is 1.33 bits per heavy atom. The van der Waals surface area contributed by atoms with Gasteiger partial charge >= 0.3 is 5.97 Å². The van der Waals surface area contributed by atoms with Crippen LogP contribution in [0.4, 0.5) is 0 Å². The molecule has 1 saturated heterocycles. The number of carbonyl (C=O) groups is 2. The summed E-state index contributed by atoms with van der Waals surface area (Å²) in [6.45, 7) is 5.94. The molecule has 1 aliphatic heterocycles. The minimum Gasteiger partial charge on any atom is -0.458 e. The van der Waals surface area contributed by atoms with Crippen LogP contribution in [0.5, 0.6) is 0 Å². The number of likely N-dealkylation sites (tertiary alicyclic amines) is 1. The first-order valence-corrected chi connectivity index (χ1v) is 7.58. The summed E-state index contributed by atoms with van der Waals surface area (Å²) < 4.78 is 6.07. The monoisotopic (exact) mass is 355 g/mol. The van der Waals surface area contributed by atoms with Crippen molar-refractivity contribution < 1.29 is 14.3 Å². The van der Waals surface area contributed by atoms with E-state index in [0.717, 1.165) is 6.42 Å². The van der Waals surface area contributed by atoms with E-state index in [1.54, 1.807) is 0 Å². The van der Waals surface area contributed by atoms with Crippen LogP contribution in [0.2, 0.25) is 0 Å². The first-order chi connectivity index (χ1) is 9.78. The molecule has 1 aromatic heterocycles. The summed E-state index contributed by atoms with van der Waals surface area (Å²) >= 11 is 3.22. The summed E-state index contributed by atoms with van der Waals surface area (Å²) in [5, 5.41) is 0. The lowest BCUT2D eigenvalue weighted by Gasteiger charge is -2.27. The number of aromatic nitrogens is 2. The number of hydrogen-bond donors (Lipinski definition) is 0. The Bertz CT molecular complexity index is 539. The number of esters is 1. The quantitative estimate of drug-likeness (QED) is 0.760. The zero-order valence-corrected chi connectivity index (χ0v) is 13.9. The van der Waals surface area contributed by atoms with E-state index in [9.17, 15) is 9.59 Å². The third-order valence-corrected chi connectivity index (χ3v) is 3.41. The van der Waals surface area contributed by atoms with Gasteiger partial charge < -0.3 is 9.64 Å². The van der Waals surface area contributed by atoms with Crippen molar-refractivity contribution in [1.82, 2.24) is 14.9 Å². The molecule has 114 valence electrons. The van der Waals surface area contributed by atoms with Crippen molar-refractivity contribution in [2.45, 2.75) is 45.3 Å². The highest BCUT2D eigenvalue weighted by atomic mass is 79.9. The third kappa shape index (κ3) is 4.00. The van der Waals surface area contributed by atoms with Gasteiger partial charge in [-0.1, -0.05) is 0 Å². The van der Waals surface area contributed by atoms with Gasteiger partial charge in [0.1, 0.15) is 11.6 Å². The smallest absolute Gasteiger partial charge is 0.329 e. The van der Waals surface area contributed by atoms with E-state index in [4.69, 9.17) is 4.74 Å². The fourth-order valence-electron chi connectivity index (χ4n) is 2.18. The molecule has 0 radical (unpaired) electrons. The Morgan fingerprint density at radius 2 is 1.95 bits per heavy atom. The predicted octanol–water partition coefficient (Wildman–Crippen LogP) is 2.19. The van der Waals surface area contributed by atoms with Crippen LogP contribution in [0.1, 0.15) is 44.2 Å². The molecular formula is C14H18BrN3O3. The molecule has 21 heavy (non-hydrogen) atoms. The van der Waals surface area contributed by atoms with Crippen LogP contribution in [0.15, 0.2) is 16.9 Å². The van der Waals surface area contributed by atoms with Crippen LogP contribution in [0.25, 0.3) is 0 Å². The lowest BCUT2D eigenvalue weighted by molar-refractivity contribution is -0.159. The summed E-state index contributed by atoms with van der Waals surface area (Å²) in [6.07, 6.45) is 4.40. The molecule has 0 aliphatic carbocycles. The van der Waals surface area contributed by atoms with E-state index in [1.165, 1.54) is 17.3 Å². The minimum atomic E-state index is -0.567. The third-order valence-electron chi connectivity index (χ3n) is 3.00. The Balaban J connectivity index is 2.13. The van der Waals surface area contributed by atoms with Crippen molar-refractivity contribution >= 4 is 27.8 Å². The molecule has 0 aromatic carbocycles.